The van der Waals surface area contributed by atoms with Crippen LogP contribution >= 0.6 is 12.4 Å². The molecule has 0 aromatic heterocycles. The maximum absolute atomic E-state index is 6.30. The van der Waals surface area contributed by atoms with Crippen LogP contribution < -0.4 is 4.74 Å². The minimum absolute atomic E-state index is 0. The molecule has 0 saturated carbocycles. The molecule has 1 aliphatic rings. The Kier molecular flexibility index (Phi) is 5.42. The molecule has 0 spiro atoms. The topological polar surface area (TPSA) is 12.5 Å². The van der Waals surface area contributed by atoms with E-state index in [1.807, 2.05) is 6.07 Å². The van der Waals surface area contributed by atoms with Crippen molar-refractivity contribution in [3.63, 3.8) is 0 Å². The van der Waals surface area contributed by atoms with Gasteiger partial charge in [0.25, 0.3) is 0 Å². The van der Waals surface area contributed by atoms with E-state index in [4.69, 9.17) is 4.74 Å². The lowest BCUT2D eigenvalue weighted by atomic mass is 9.97. The molecule has 3 aromatic carbocycles. The van der Waals surface area contributed by atoms with E-state index in [1.54, 1.807) is 0 Å². The predicted molar refractivity (Wildman–Crippen MR) is 105 cm³/mol. The maximum Gasteiger partial charge on any atom is 0.137 e. The number of likely N-dealkylation sites (N-methyl/N-ethyl adjacent to an activating group) is 1. The largest absolute Gasteiger partial charge is 0.484 e. The first-order chi connectivity index (χ1) is 11.8. The number of fused-ring (bicyclic) bond motifs is 1. The summed E-state index contributed by atoms with van der Waals surface area (Å²) in [7, 11) is 2.14. The molecule has 128 valence electrons. The third-order valence-electron chi connectivity index (χ3n) is 4.56. The minimum atomic E-state index is 0. The molecule has 2 nitrogen and oxygen atoms in total. The molecule has 25 heavy (non-hydrogen) atoms. The van der Waals surface area contributed by atoms with Crippen molar-refractivity contribution >= 4 is 12.4 Å². The van der Waals surface area contributed by atoms with Crippen LogP contribution in [0, 0.1) is 0 Å². The van der Waals surface area contributed by atoms with E-state index in [2.05, 4.69) is 84.7 Å². The molecule has 0 radical (unpaired) electrons. The normalized spacial score (nSPS) is 16.6. The Morgan fingerprint density at radius 2 is 1.44 bits per heavy atom. The number of hydrogen-bond acceptors (Lipinski definition) is 2. The van der Waals surface area contributed by atoms with Crippen LogP contribution in [0.4, 0.5) is 0 Å². The average molecular weight is 352 g/mol. The fourth-order valence-electron chi connectivity index (χ4n) is 3.35. The molecular formula is C22H22ClNO. The van der Waals surface area contributed by atoms with Gasteiger partial charge in [-0.2, -0.15) is 0 Å². The zero-order valence-electron chi connectivity index (χ0n) is 14.3. The third-order valence-corrected chi connectivity index (χ3v) is 4.56. The van der Waals surface area contributed by atoms with Crippen LogP contribution in [0.15, 0.2) is 78.9 Å². The summed E-state index contributed by atoms with van der Waals surface area (Å²) in [6.45, 7) is 1.90. The van der Waals surface area contributed by atoms with Crippen molar-refractivity contribution in [3.8, 4) is 16.9 Å². The van der Waals surface area contributed by atoms with Gasteiger partial charge in [-0.3, -0.25) is 4.90 Å². The summed E-state index contributed by atoms with van der Waals surface area (Å²) in [6, 6.07) is 27.4. The summed E-state index contributed by atoms with van der Waals surface area (Å²) in [4.78, 5) is 2.31. The van der Waals surface area contributed by atoms with Crippen LogP contribution in [-0.4, -0.2) is 18.5 Å². The average Bonchev–Trinajstić information content (AvgIpc) is 2.63. The van der Waals surface area contributed by atoms with E-state index in [0.29, 0.717) is 0 Å². The zero-order chi connectivity index (χ0) is 16.4. The van der Waals surface area contributed by atoms with Gasteiger partial charge >= 0.3 is 0 Å². The summed E-state index contributed by atoms with van der Waals surface area (Å²) < 4.78 is 6.30. The number of hydrogen-bond donors (Lipinski definition) is 0. The van der Waals surface area contributed by atoms with Crippen LogP contribution in [0.3, 0.4) is 0 Å². The van der Waals surface area contributed by atoms with Gasteiger partial charge in [-0.25, -0.2) is 0 Å². The smallest absolute Gasteiger partial charge is 0.137 e. The number of ether oxygens (including phenoxy) is 1. The molecule has 4 rings (SSSR count). The van der Waals surface area contributed by atoms with Crippen molar-refractivity contribution in [1.82, 2.24) is 4.90 Å². The van der Waals surface area contributed by atoms with Crippen molar-refractivity contribution in [2.75, 3.05) is 13.6 Å². The van der Waals surface area contributed by atoms with Crippen molar-refractivity contribution < 1.29 is 4.74 Å². The first-order valence-corrected chi connectivity index (χ1v) is 8.38. The molecule has 1 atom stereocenters. The van der Waals surface area contributed by atoms with Crippen molar-refractivity contribution in [1.29, 1.82) is 0 Å². The first-order valence-electron chi connectivity index (χ1n) is 8.38. The molecule has 0 saturated heterocycles. The van der Waals surface area contributed by atoms with E-state index in [0.717, 1.165) is 18.8 Å². The Hall–Kier alpha value is -2.29. The van der Waals surface area contributed by atoms with Crippen LogP contribution in [0.5, 0.6) is 5.75 Å². The lowest BCUT2D eigenvalue weighted by Crippen LogP contribution is -2.32. The predicted octanol–water partition coefficient (Wildman–Crippen LogP) is 5.34. The highest BCUT2D eigenvalue weighted by Crippen LogP contribution is 2.31. The van der Waals surface area contributed by atoms with Gasteiger partial charge in [0.1, 0.15) is 11.9 Å². The Bertz CT molecular complexity index is 817. The number of nitrogens with zero attached hydrogens (tertiary/aromatic N) is 1. The quantitative estimate of drug-likeness (QED) is 0.631. The van der Waals surface area contributed by atoms with E-state index >= 15 is 0 Å². The zero-order valence-corrected chi connectivity index (χ0v) is 15.1. The second-order valence-corrected chi connectivity index (χ2v) is 6.39. The first kappa shape index (κ1) is 17.5. The highest BCUT2D eigenvalue weighted by Gasteiger charge is 2.24. The Morgan fingerprint density at radius 3 is 2.20 bits per heavy atom. The second-order valence-electron chi connectivity index (χ2n) is 6.39. The SMILES string of the molecule is CN1Cc2ccccc2C(Oc2ccc(-c3ccccc3)cc2)C1.Cl. The molecular weight excluding hydrogens is 330 g/mol. The van der Waals surface area contributed by atoms with Gasteiger partial charge in [-0.1, -0.05) is 66.7 Å². The number of rotatable bonds is 3. The summed E-state index contributed by atoms with van der Waals surface area (Å²) >= 11 is 0. The minimum Gasteiger partial charge on any atom is -0.484 e. The molecule has 1 heterocycles. The highest BCUT2D eigenvalue weighted by molar-refractivity contribution is 5.85. The molecule has 0 aliphatic carbocycles. The second kappa shape index (κ2) is 7.73. The van der Waals surface area contributed by atoms with Gasteiger partial charge in [-0.15, -0.1) is 12.4 Å². The third kappa shape index (κ3) is 3.87. The Labute approximate surface area is 155 Å². The van der Waals surface area contributed by atoms with Gasteiger partial charge in [0, 0.05) is 13.1 Å². The van der Waals surface area contributed by atoms with Crippen LogP contribution in [0.1, 0.15) is 17.2 Å². The van der Waals surface area contributed by atoms with E-state index < -0.39 is 0 Å². The summed E-state index contributed by atoms with van der Waals surface area (Å²) in [5, 5.41) is 0. The lowest BCUT2D eigenvalue weighted by Gasteiger charge is -2.32. The highest BCUT2D eigenvalue weighted by atomic mass is 35.5. The Balaban J connectivity index is 0.00000182. The fraction of sp³-hybridized carbons (Fsp3) is 0.182. The summed E-state index contributed by atoms with van der Waals surface area (Å²) in [6.07, 6.45) is 0.0857. The van der Waals surface area contributed by atoms with Crippen molar-refractivity contribution in [2.24, 2.45) is 0 Å². The van der Waals surface area contributed by atoms with Gasteiger partial charge in [0.2, 0.25) is 0 Å². The van der Waals surface area contributed by atoms with Gasteiger partial charge in [0.15, 0.2) is 0 Å². The van der Waals surface area contributed by atoms with Gasteiger partial charge < -0.3 is 4.74 Å². The fourth-order valence-corrected chi connectivity index (χ4v) is 3.35. The van der Waals surface area contributed by atoms with Gasteiger partial charge in [0.05, 0.1) is 0 Å². The lowest BCUT2D eigenvalue weighted by molar-refractivity contribution is 0.129. The molecule has 0 bridgehead atoms. The molecule has 3 aromatic rings. The van der Waals surface area contributed by atoms with Crippen LogP contribution in [-0.2, 0) is 6.54 Å². The molecule has 1 unspecified atom stereocenters. The molecule has 1 aliphatic heterocycles. The van der Waals surface area contributed by atoms with E-state index in [1.165, 1.54) is 22.3 Å². The summed E-state index contributed by atoms with van der Waals surface area (Å²) in [5.41, 5.74) is 5.11. The van der Waals surface area contributed by atoms with Crippen LogP contribution in [0.25, 0.3) is 11.1 Å². The number of halogens is 1. The van der Waals surface area contributed by atoms with E-state index in [9.17, 15) is 0 Å². The Morgan fingerprint density at radius 1 is 0.800 bits per heavy atom. The van der Waals surface area contributed by atoms with Crippen molar-refractivity contribution in [3.05, 3.63) is 90.0 Å². The standard InChI is InChI=1S/C22H21NO.ClH/c1-23-15-19-9-5-6-10-21(19)22(16-23)24-20-13-11-18(12-14-20)17-7-3-2-4-8-17;/h2-14,22H,15-16H2,1H3;1H. The maximum atomic E-state index is 6.30. The molecule has 0 N–H and O–H groups in total. The molecule has 0 amide bonds. The summed E-state index contributed by atoms with van der Waals surface area (Å²) in [5.74, 6) is 0.921. The van der Waals surface area contributed by atoms with Crippen molar-refractivity contribution in [2.45, 2.75) is 12.6 Å². The van der Waals surface area contributed by atoms with Gasteiger partial charge in [-0.05, 0) is 41.4 Å². The number of benzene rings is 3. The molecule has 0 fully saturated rings. The monoisotopic (exact) mass is 351 g/mol. The van der Waals surface area contributed by atoms with Crippen LogP contribution in [0.2, 0.25) is 0 Å². The molecule has 3 heteroatoms. The van der Waals surface area contributed by atoms with E-state index in [-0.39, 0.29) is 18.5 Å².